The fourth-order valence-corrected chi connectivity index (χ4v) is 9.74. The van der Waals surface area contributed by atoms with Crippen molar-refractivity contribution in [3.05, 3.63) is 48.6 Å². The van der Waals surface area contributed by atoms with Crippen LogP contribution >= 0.6 is 0 Å². The average molecular weight is 967 g/mol. The van der Waals surface area contributed by atoms with Crippen molar-refractivity contribution in [1.82, 2.24) is 5.32 Å². The summed E-state index contributed by atoms with van der Waals surface area (Å²) in [5.41, 5.74) is 0. The van der Waals surface area contributed by atoms with Crippen molar-refractivity contribution in [2.24, 2.45) is 0 Å². The van der Waals surface area contributed by atoms with E-state index in [9.17, 15) is 15.0 Å². The Kier molecular flexibility index (Phi) is 59.2. The van der Waals surface area contributed by atoms with E-state index in [2.05, 4.69) is 55.6 Å². The van der Waals surface area contributed by atoms with Crippen molar-refractivity contribution in [2.75, 3.05) is 6.61 Å². The third-order valence-corrected chi connectivity index (χ3v) is 14.5. The van der Waals surface area contributed by atoms with Gasteiger partial charge in [0.25, 0.3) is 0 Å². The third kappa shape index (κ3) is 57.1. The molecule has 0 heterocycles. The summed E-state index contributed by atoms with van der Waals surface area (Å²) >= 11 is 0. The van der Waals surface area contributed by atoms with Crippen LogP contribution in [0, 0.1) is 0 Å². The zero-order valence-corrected chi connectivity index (χ0v) is 46.8. The minimum absolute atomic E-state index is 0.0729. The minimum Gasteiger partial charge on any atom is -0.394 e. The maximum absolute atomic E-state index is 12.5. The van der Waals surface area contributed by atoms with Crippen LogP contribution in [0.1, 0.15) is 341 Å². The Labute approximate surface area is 433 Å². The SMILES string of the molecule is CCCCCCCC/C=C/CC/C=C/CC/C=C/C(O)C(CO)NC(=O)CCCCCCCCCCCCCCCCCCCCCCCCCCCCCCC/C=C\CCCCCCCCCC. The number of aliphatic hydroxyl groups excluding tert-OH is 2. The number of allylic oxidation sites excluding steroid dienone is 7. The molecule has 3 N–H and O–H groups in total. The molecule has 406 valence electrons. The van der Waals surface area contributed by atoms with E-state index >= 15 is 0 Å². The Morgan fingerprint density at radius 2 is 0.565 bits per heavy atom. The van der Waals surface area contributed by atoms with E-state index < -0.39 is 12.1 Å². The smallest absolute Gasteiger partial charge is 0.220 e. The molecule has 4 nitrogen and oxygen atoms in total. The first-order chi connectivity index (χ1) is 34.2. The highest BCUT2D eigenvalue weighted by Crippen LogP contribution is 2.18. The van der Waals surface area contributed by atoms with Gasteiger partial charge in [-0.2, -0.15) is 0 Å². The van der Waals surface area contributed by atoms with Gasteiger partial charge >= 0.3 is 0 Å². The minimum atomic E-state index is -0.869. The molecular formula is C65H123NO3. The molecule has 4 heteroatoms. The molecule has 0 aliphatic rings. The standard InChI is InChI=1S/C65H123NO3/c1-3-5-7-9-11-13-15-17-19-21-22-23-24-25-26-27-28-29-30-31-32-33-34-35-36-37-38-39-40-41-42-43-44-45-47-49-51-53-55-57-59-61-65(69)66-63(62-67)64(68)60-58-56-54-52-50-48-46-20-18-16-14-12-10-8-6-4-2/h18,20-22,50,52,58,60,63-64,67-68H,3-17,19,23-49,51,53-57,59,61-62H2,1-2H3,(H,66,69)/b20-18+,22-21-,52-50+,60-58+. The van der Waals surface area contributed by atoms with E-state index in [4.69, 9.17) is 0 Å². The summed E-state index contributed by atoms with van der Waals surface area (Å²) in [6, 6.07) is -0.644. The van der Waals surface area contributed by atoms with Crippen LogP contribution in [0.25, 0.3) is 0 Å². The van der Waals surface area contributed by atoms with Gasteiger partial charge in [0.1, 0.15) is 0 Å². The van der Waals surface area contributed by atoms with Gasteiger partial charge in [-0.1, -0.05) is 313 Å². The van der Waals surface area contributed by atoms with Crippen LogP contribution in [-0.2, 0) is 4.79 Å². The van der Waals surface area contributed by atoms with Gasteiger partial charge in [0.15, 0.2) is 0 Å². The van der Waals surface area contributed by atoms with Crippen molar-refractivity contribution in [2.45, 2.75) is 353 Å². The molecule has 0 aromatic carbocycles. The van der Waals surface area contributed by atoms with E-state index in [1.807, 2.05) is 6.08 Å². The van der Waals surface area contributed by atoms with Crippen LogP contribution in [0.4, 0.5) is 0 Å². The van der Waals surface area contributed by atoms with Crippen LogP contribution in [-0.4, -0.2) is 34.9 Å². The van der Waals surface area contributed by atoms with Crippen molar-refractivity contribution in [1.29, 1.82) is 0 Å². The highest BCUT2D eigenvalue weighted by atomic mass is 16.3. The predicted octanol–water partition coefficient (Wildman–Crippen LogP) is 21.0. The number of nitrogens with one attached hydrogen (secondary N) is 1. The molecule has 0 fully saturated rings. The van der Waals surface area contributed by atoms with Crippen molar-refractivity contribution < 1.29 is 15.0 Å². The van der Waals surface area contributed by atoms with Crippen LogP contribution in [0.2, 0.25) is 0 Å². The summed E-state index contributed by atoms with van der Waals surface area (Å²) in [6.07, 6.45) is 84.7. The normalized spacial score (nSPS) is 13.0. The quantitative estimate of drug-likeness (QED) is 0.0420. The highest BCUT2D eigenvalue weighted by molar-refractivity contribution is 5.76. The zero-order valence-electron chi connectivity index (χ0n) is 46.8. The lowest BCUT2D eigenvalue weighted by atomic mass is 10.0. The number of unbranched alkanes of at least 4 members (excludes halogenated alkanes) is 45. The van der Waals surface area contributed by atoms with Gasteiger partial charge in [-0.15, -0.1) is 0 Å². The second-order valence-corrected chi connectivity index (χ2v) is 21.5. The maximum atomic E-state index is 12.5. The number of aliphatic hydroxyl groups is 2. The van der Waals surface area contributed by atoms with Gasteiger partial charge in [0, 0.05) is 6.42 Å². The second-order valence-electron chi connectivity index (χ2n) is 21.5. The van der Waals surface area contributed by atoms with E-state index in [1.54, 1.807) is 6.08 Å². The number of hydrogen-bond acceptors (Lipinski definition) is 3. The van der Waals surface area contributed by atoms with Crippen molar-refractivity contribution in [3.8, 4) is 0 Å². The van der Waals surface area contributed by atoms with Crippen molar-refractivity contribution in [3.63, 3.8) is 0 Å². The fraction of sp³-hybridized carbons (Fsp3) is 0.862. The van der Waals surface area contributed by atoms with E-state index in [-0.39, 0.29) is 12.5 Å². The second kappa shape index (κ2) is 60.7. The summed E-state index contributed by atoms with van der Waals surface area (Å²) in [4.78, 5) is 12.5. The van der Waals surface area contributed by atoms with Crippen molar-refractivity contribution >= 4 is 5.91 Å². The van der Waals surface area contributed by atoms with Gasteiger partial charge in [-0.3, -0.25) is 4.79 Å². The largest absolute Gasteiger partial charge is 0.394 e. The molecule has 1 amide bonds. The average Bonchev–Trinajstić information content (AvgIpc) is 3.35. The summed E-state index contributed by atoms with van der Waals surface area (Å²) in [5.74, 6) is -0.0729. The third-order valence-electron chi connectivity index (χ3n) is 14.5. The number of carbonyl (C=O) groups excluding carboxylic acids is 1. The molecular weight excluding hydrogens is 843 g/mol. The first-order valence-corrected chi connectivity index (χ1v) is 31.4. The predicted molar refractivity (Wildman–Crippen MR) is 308 cm³/mol. The Morgan fingerprint density at radius 1 is 0.333 bits per heavy atom. The lowest BCUT2D eigenvalue weighted by molar-refractivity contribution is -0.123. The van der Waals surface area contributed by atoms with E-state index in [0.29, 0.717) is 6.42 Å². The topological polar surface area (TPSA) is 69.6 Å². The molecule has 69 heavy (non-hydrogen) atoms. The monoisotopic (exact) mass is 966 g/mol. The Hall–Kier alpha value is -1.65. The van der Waals surface area contributed by atoms with Gasteiger partial charge in [0.05, 0.1) is 18.8 Å². The lowest BCUT2D eigenvalue weighted by Crippen LogP contribution is -2.45. The number of carbonyl (C=O) groups is 1. The number of hydrogen-bond donors (Lipinski definition) is 3. The summed E-state index contributed by atoms with van der Waals surface area (Å²) in [5, 5.41) is 23.1. The van der Waals surface area contributed by atoms with E-state index in [0.717, 1.165) is 38.5 Å². The molecule has 0 aliphatic carbocycles. The van der Waals surface area contributed by atoms with E-state index in [1.165, 1.54) is 283 Å². The van der Waals surface area contributed by atoms with Gasteiger partial charge in [0.2, 0.25) is 5.91 Å². The molecule has 0 rings (SSSR count). The lowest BCUT2D eigenvalue weighted by Gasteiger charge is -2.19. The van der Waals surface area contributed by atoms with Gasteiger partial charge in [-0.25, -0.2) is 0 Å². The molecule has 0 radical (unpaired) electrons. The molecule has 0 saturated carbocycles. The van der Waals surface area contributed by atoms with Crippen LogP contribution < -0.4 is 5.32 Å². The van der Waals surface area contributed by atoms with Gasteiger partial charge in [-0.05, 0) is 70.6 Å². The van der Waals surface area contributed by atoms with Crippen LogP contribution in [0.15, 0.2) is 48.6 Å². The zero-order chi connectivity index (χ0) is 49.9. The summed E-state index contributed by atoms with van der Waals surface area (Å²) in [7, 11) is 0. The van der Waals surface area contributed by atoms with Crippen LogP contribution in [0.3, 0.4) is 0 Å². The van der Waals surface area contributed by atoms with Gasteiger partial charge < -0.3 is 15.5 Å². The summed E-state index contributed by atoms with van der Waals surface area (Å²) in [6.45, 7) is 4.30. The number of rotatable bonds is 58. The highest BCUT2D eigenvalue weighted by Gasteiger charge is 2.18. The molecule has 0 aromatic heterocycles. The molecule has 0 aliphatic heterocycles. The fourth-order valence-electron chi connectivity index (χ4n) is 9.74. The number of amides is 1. The Bertz CT molecular complexity index is 1090. The molecule has 0 bridgehead atoms. The Balaban J connectivity index is 3.39. The molecule has 2 atom stereocenters. The first kappa shape index (κ1) is 67.3. The molecule has 0 saturated heterocycles. The van der Waals surface area contributed by atoms with Crippen LogP contribution in [0.5, 0.6) is 0 Å². The Morgan fingerprint density at radius 3 is 0.841 bits per heavy atom. The molecule has 0 spiro atoms. The molecule has 0 aromatic rings. The first-order valence-electron chi connectivity index (χ1n) is 31.4. The molecule has 2 unspecified atom stereocenters. The summed E-state index contributed by atoms with van der Waals surface area (Å²) < 4.78 is 0. The maximum Gasteiger partial charge on any atom is 0.220 e.